The van der Waals surface area contributed by atoms with Gasteiger partial charge in [0.1, 0.15) is 12.2 Å². The smallest absolute Gasteiger partial charge is 0.372 e. The lowest BCUT2D eigenvalue weighted by molar-refractivity contribution is -0.143. The maximum atomic E-state index is 11.0. The molecule has 4 nitrogen and oxygen atoms in total. The molecule has 5 heteroatoms. The third-order valence-corrected chi connectivity index (χ3v) is 2.18. The lowest BCUT2D eigenvalue weighted by Gasteiger charge is -2.21. The summed E-state index contributed by atoms with van der Waals surface area (Å²) in [5.74, 6) is -0.553. The molecule has 0 rings (SSSR count). The second-order valence-corrected chi connectivity index (χ2v) is 3.59. The van der Waals surface area contributed by atoms with E-state index in [0.717, 1.165) is 0 Å². The number of halogens is 1. The molecule has 0 amide bonds. The molecule has 0 aromatic carbocycles. The maximum absolute atomic E-state index is 11.0. The van der Waals surface area contributed by atoms with E-state index < -0.39 is 11.6 Å². The molecule has 0 aliphatic heterocycles. The summed E-state index contributed by atoms with van der Waals surface area (Å²) in [5, 5.41) is 0. The molecule has 0 bridgehead atoms. The minimum absolute atomic E-state index is 0.00975. The summed E-state index contributed by atoms with van der Waals surface area (Å²) in [7, 11) is 0. The summed E-state index contributed by atoms with van der Waals surface area (Å²) < 4.78 is 14.7. The molecule has 82 valence electrons. The fraction of sp³-hybridized carbons (Fsp3) is 0.667. The van der Waals surface area contributed by atoms with Crippen LogP contribution in [0.2, 0.25) is 0 Å². The van der Waals surface area contributed by atoms with E-state index in [4.69, 9.17) is 8.57 Å². The molecule has 0 fully saturated rings. The Bertz CT molecular complexity index is 213. The topological polar surface area (TPSA) is 44.8 Å². The van der Waals surface area contributed by atoms with Crippen LogP contribution >= 0.6 is 16.3 Å². The van der Waals surface area contributed by atoms with Crippen LogP contribution in [0, 0.1) is 0 Å². The molecule has 0 aliphatic carbocycles. The van der Waals surface area contributed by atoms with E-state index in [-0.39, 0.29) is 12.4 Å². The van der Waals surface area contributed by atoms with Crippen LogP contribution in [0.15, 0.2) is 12.3 Å². The predicted molar refractivity (Wildman–Crippen MR) is 55.8 cm³/mol. The van der Waals surface area contributed by atoms with E-state index >= 15 is 0 Å². The van der Waals surface area contributed by atoms with Crippen LogP contribution in [-0.4, -0.2) is 24.8 Å². The first-order valence-electron chi connectivity index (χ1n) is 4.21. The summed E-state index contributed by atoms with van der Waals surface area (Å²) in [4.78, 5) is 11.0. The van der Waals surface area contributed by atoms with Crippen LogP contribution in [0.5, 0.6) is 0 Å². The number of ether oxygens (including phenoxy) is 2. The molecular formula is C9H15BrO4. The van der Waals surface area contributed by atoms with Gasteiger partial charge in [-0.1, -0.05) is 0 Å². The second kappa shape index (κ2) is 6.03. The quantitative estimate of drug-likeness (QED) is 0.420. The molecule has 0 unspecified atom stereocenters. The zero-order valence-corrected chi connectivity index (χ0v) is 10.2. The van der Waals surface area contributed by atoms with E-state index in [1.54, 1.807) is 20.8 Å². The van der Waals surface area contributed by atoms with Gasteiger partial charge in [0.15, 0.2) is 5.76 Å². The van der Waals surface area contributed by atoms with Crippen molar-refractivity contribution in [2.75, 3.05) is 13.2 Å². The molecule has 0 atom stereocenters. The fourth-order valence-electron chi connectivity index (χ4n) is 0.554. The first-order chi connectivity index (χ1) is 6.43. The van der Waals surface area contributed by atoms with Gasteiger partial charge in [0.05, 0.1) is 22.9 Å². The van der Waals surface area contributed by atoms with Crippen molar-refractivity contribution < 1.29 is 18.1 Å². The molecule has 0 heterocycles. The van der Waals surface area contributed by atoms with Crippen LogP contribution < -0.4 is 0 Å². The van der Waals surface area contributed by atoms with Crippen LogP contribution in [0.3, 0.4) is 0 Å². The zero-order chi connectivity index (χ0) is 11.2. The molecule has 0 spiro atoms. The van der Waals surface area contributed by atoms with Gasteiger partial charge in [-0.2, -0.15) is 0 Å². The molecule has 0 aliphatic rings. The van der Waals surface area contributed by atoms with E-state index in [1.807, 2.05) is 0 Å². The molecule has 0 saturated heterocycles. The number of rotatable bonds is 6. The highest BCUT2D eigenvalue weighted by molar-refractivity contribution is 9.06. The minimum Gasteiger partial charge on any atom is -0.484 e. The number of hydrogen-bond donors (Lipinski definition) is 0. The van der Waals surface area contributed by atoms with Crippen molar-refractivity contribution in [3.8, 4) is 0 Å². The zero-order valence-electron chi connectivity index (χ0n) is 8.63. The number of carbonyl (C=O) groups is 1. The maximum Gasteiger partial charge on any atom is 0.372 e. The van der Waals surface area contributed by atoms with E-state index in [2.05, 4.69) is 27.6 Å². The summed E-state index contributed by atoms with van der Waals surface area (Å²) in [6.07, 6.45) is 0. The highest BCUT2D eigenvalue weighted by Gasteiger charge is 2.20. The standard InChI is InChI=1S/C9H15BrO4/c1-5-12-8(11)7(2)13-6-9(3,4)14-10/h2,5-6H2,1,3-4H3. The third-order valence-electron chi connectivity index (χ3n) is 1.31. The van der Waals surface area contributed by atoms with Crippen molar-refractivity contribution in [3.63, 3.8) is 0 Å². The van der Waals surface area contributed by atoms with Crippen molar-refractivity contribution in [3.05, 3.63) is 12.3 Å². The number of carbonyl (C=O) groups excluding carboxylic acids is 1. The average molecular weight is 267 g/mol. The third kappa shape index (κ3) is 5.24. The van der Waals surface area contributed by atoms with Gasteiger partial charge < -0.3 is 9.47 Å². The Balaban J connectivity index is 3.91. The Hall–Kier alpha value is -0.550. The first-order valence-corrected chi connectivity index (χ1v) is 4.86. The van der Waals surface area contributed by atoms with Crippen molar-refractivity contribution in [1.82, 2.24) is 0 Å². The SMILES string of the molecule is C=C(OCC(C)(C)OBr)C(=O)OCC. The van der Waals surface area contributed by atoms with E-state index in [0.29, 0.717) is 6.61 Å². The first kappa shape index (κ1) is 13.4. The predicted octanol–water partition coefficient (Wildman–Crippen LogP) is 2.18. The van der Waals surface area contributed by atoms with E-state index in [9.17, 15) is 4.79 Å². The van der Waals surface area contributed by atoms with E-state index in [1.165, 1.54) is 0 Å². The van der Waals surface area contributed by atoms with Crippen molar-refractivity contribution in [2.45, 2.75) is 26.4 Å². The van der Waals surface area contributed by atoms with Gasteiger partial charge in [0, 0.05) is 0 Å². The van der Waals surface area contributed by atoms with Gasteiger partial charge in [-0.25, -0.2) is 4.79 Å². The molecule has 14 heavy (non-hydrogen) atoms. The summed E-state index contributed by atoms with van der Waals surface area (Å²) in [6.45, 7) is 9.30. The van der Waals surface area contributed by atoms with Gasteiger partial charge in [-0.15, -0.1) is 0 Å². The molecule has 0 aromatic heterocycles. The largest absolute Gasteiger partial charge is 0.484 e. The average Bonchev–Trinajstić information content (AvgIpc) is 2.15. The van der Waals surface area contributed by atoms with Crippen LogP contribution in [0.1, 0.15) is 20.8 Å². The Kier molecular flexibility index (Phi) is 5.79. The van der Waals surface area contributed by atoms with Crippen molar-refractivity contribution in [1.29, 1.82) is 0 Å². The monoisotopic (exact) mass is 266 g/mol. The van der Waals surface area contributed by atoms with Crippen molar-refractivity contribution >= 4 is 22.2 Å². The molecule has 0 radical (unpaired) electrons. The van der Waals surface area contributed by atoms with Crippen LogP contribution in [0.4, 0.5) is 0 Å². The lowest BCUT2D eigenvalue weighted by Crippen LogP contribution is -2.28. The van der Waals surface area contributed by atoms with Crippen LogP contribution in [-0.2, 0) is 18.1 Å². The summed E-state index contributed by atoms with van der Waals surface area (Å²) in [6, 6.07) is 0. The summed E-state index contributed by atoms with van der Waals surface area (Å²) in [5.41, 5.74) is -0.518. The van der Waals surface area contributed by atoms with Crippen molar-refractivity contribution in [2.24, 2.45) is 0 Å². The molecular weight excluding hydrogens is 252 g/mol. The van der Waals surface area contributed by atoms with Gasteiger partial charge in [0.25, 0.3) is 0 Å². The Labute approximate surface area is 92.7 Å². The number of esters is 1. The van der Waals surface area contributed by atoms with Crippen LogP contribution in [0.25, 0.3) is 0 Å². The molecule has 0 aromatic rings. The lowest BCUT2D eigenvalue weighted by atomic mass is 10.2. The Morgan fingerprint density at radius 3 is 2.43 bits per heavy atom. The summed E-state index contributed by atoms with van der Waals surface area (Å²) >= 11 is 2.86. The Morgan fingerprint density at radius 1 is 1.43 bits per heavy atom. The van der Waals surface area contributed by atoms with Gasteiger partial charge >= 0.3 is 5.97 Å². The highest BCUT2D eigenvalue weighted by Crippen LogP contribution is 2.14. The highest BCUT2D eigenvalue weighted by atomic mass is 79.9. The minimum atomic E-state index is -0.544. The Morgan fingerprint density at radius 2 is 2.00 bits per heavy atom. The van der Waals surface area contributed by atoms with Gasteiger partial charge in [0.2, 0.25) is 0 Å². The normalized spacial score (nSPS) is 10.9. The number of hydrogen-bond acceptors (Lipinski definition) is 4. The fourth-order valence-corrected chi connectivity index (χ4v) is 0.647. The second-order valence-electron chi connectivity index (χ2n) is 3.27. The van der Waals surface area contributed by atoms with Gasteiger partial charge in [-0.05, 0) is 27.4 Å². The molecule has 0 N–H and O–H groups in total. The molecule has 0 saturated carbocycles. The van der Waals surface area contributed by atoms with Gasteiger partial charge in [-0.3, -0.25) is 3.83 Å².